The van der Waals surface area contributed by atoms with E-state index in [2.05, 4.69) is 10.3 Å². The molecule has 0 aromatic carbocycles. The summed E-state index contributed by atoms with van der Waals surface area (Å²) in [6.45, 7) is 0.940. The molecule has 1 atom stereocenters. The molecule has 1 aromatic heterocycles. The van der Waals surface area contributed by atoms with Crippen LogP contribution < -0.4 is 5.32 Å². The molecule has 0 aliphatic carbocycles. The minimum Gasteiger partial charge on any atom is -0.475 e. The van der Waals surface area contributed by atoms with Gasteiger partial charge >= 0.3 is 5.97 Å². The smallest absolute Gasteiger partial charge is 0.373 e. The topological polar surface area (TPSA) is 75.4 Å². The summed E-state index contributed by atoms with van der Waals surface area (Å²) in [5, 5.41) is 11.8. The minimum atomic E-state index is -1.07. The molecule has 2 rings (SSSR count). The second-order valence-corrected chi connectivity index (χ2v) is 3.02. The van der Waals surface area contributed by atoms with Crippen LogP contribution in [0.1, 0.15) is 35.3 Å². The highest BCUT2D eigenvalue weighted by Gasteiger charge is 2.22. The van der Waals surface area contributed by atoms with Crippen LogP contribution in [0.5, 0.6) is 0 Å². The molecule has 1 aliphatic heterocycles. The Morgan fingerprint density at radius 3 is 3.15 bits per heavy atom. The molecule has 2 N–H and O–H groups in total. The molecule has 70 valence electrons. The number of rotatable bonds is 2. The van der Waals surface area contributed by atoms with Crippen molar-refractivity contribution >= 4 is 5.97 Å². The average Bonchev–Trinajstić information content (AvgIpc) is 2.75. The second-order valence-electron chi connectivity index (χ2n) is 3.02. The van der Waals surface area contributed by atoms with E-state index in [1.165, 1.54) is 6.20 Å². The normalized spacial score (nSPS) is 22.0. The van der Waals surface area contributed by atoms with E-state index in [0.717, 1.165) is 19.4 Å². The first-order valence-electron chi connectivity index (χ1n) is 4.20. The highest BCUT2D eigenvalue weighted by Crippen LogP contribution is 2.22. The van der Waals surface area contributed by atoms with Crippen molar-refractivity contribution in [3.8, 4) is 0 Å². The Morgan fingerprint density at radius 1 is 1.77 bits per heavy atom. The minimum absolute atomic E-state index is 0.0908. The molecular formula is C8H10N2O3. The summed E-state index contributed by atoms with van der Waals surface area (Å²) in [5.74, 6) is -0.685. The van der Waals surface area contributed by atoms with Crippen LogP contribution in [0, 0.1) is 0 Å². The van der Waals surface area contributed by atoms with Gasteiger partial charge in [-0.15, -0.1) is 0 Å². The van der Waals surface area contributed by atoms with E-state index in [-0.39, 0.29) is 11.8 Å². The Bertz CT molecular complexity index is 315. The molecule has 1 aliphatic rings. The predicted molar refractivity (Wildman–Crippen MR) is 43.4 cm³/mol. The number of nitrogens with zero attached hydrogens (tertiary/aromatic N) is 1. The van der Waals surface area contributed by atoms with Crippen molar-refractivity contribution in [1.29, 1.82) is 0 Å². The maximum atomic E-state index is 10.5. The van der Waals surface area contributed by atoms with Crippen LogP contribution in [0.4, 0.5) is 0 Å². The summed E-state index contributed by atoms with van der Waals surface area (Å²) in [6.07, 6.45) is 3.28. The summed E-state index contributed by atoms with van der Waals surface area (Å²) in [7, 11) is 0. The van der Waals surface area contributed by atoms with Crippen molar-refractivity contribution in [3.05, 3.63) is 17.8 Å². The fourth-order valence-corrected chi connectivity index (χ4v) is 1.44. The molecule has 0 saturated carbocycles. The first kappa shape index (κ1) is 8.25. The predicted octanol–water partition coefficient (Wildman–Crippen LogP) is 0.797. The van der Waals surface area contributed by atoms with E-state index >= 15 is 0 Å². The zero-order valence-corrected chi connectivity index (χ0v) is 6.99. The van der Waals surface area contributed by atoms with Gasteiger partial charge in [0.2, 0.25) is 11.7 Å². The van der Waals surface area contributed by atoms with Gasteiger partial charge in [-0.05, 0) is 19.4 Å². The zero-order valence-electron chi connectivity index (χ0n) is 6.99. The Hall–Kier alpha value is -1.36. The van der Waals surface area contributed by atoms with E-state index in [9.17, 15) is 4.79 Å². The van der Waals surface area contributed by atoms with Gasteiger partial charge in [0.25, 0.3) is 0 Å². The summed E-state index contributed by atoms with van der Waals surface area (Å²) in [5.41, 5.74) is 0. The SMILES string of the molecule is O=C(O)c1cnc(C2CCCN2)o1. The quantitative estimate of drug-likeness (QED) is 0.707. The van der Waals surface area contributed by atoms with Gasteiger partial charge < -0.3 is 14.8 Å². The van der Waals surface area contributed by atoms with Crippen LogP contribution in [0.2, 0.25) is 0 Å². The number of nitrogens with one attached hydrogen (secondary N) is 1. The average molecular weight is 182 g/mol. The van der Waals surface area contributed by atoms with Crippen LogP contribution in [0.25, 0.3) is 0 Å². The number of carboxylic acids is 1. The summed E-state index contributed by atoms with van der Waals surface area (Å²) in [4.78, 5) is 14.4. The van der Waals surface area contributed by atoms with Gasteiger partial charge in [0.1, 0.15) is 0 Å². The Morgan fingerprint density at radius 2 is 2.62 bits per heavy atom. The van der Waals surface area contributed by atoms with Gasteiger partial charge in [0.15, 0.2) is 0 Å². The van der Waals surface area contributed by atoms with Crippen LogP contribution in [0.15, 0.2) is 10.6 Å². The number of hydrogen-bond donors (Lipinski definition) is 2. The largest absolute Gasteiger partial charge is 0.475 e. The molecule has 1 fully saturated rings. The first-order valence-corrected chi connectivity index (χ1v) is 4.20. The lowest BCUT2D eigenvalue weighted by Crippen LogP contribution is -2.12. The standard InChI is InChI=1S/C8H10N2O3/c11-8(12)6-4-10-7(13-6)5-2-1-3-9-5/h4-5,9H,1-3H2,(H,11,12). The maximum Gasteiger partial charge on any atom is 0.373 e. The van der Waals surface area contributed by atoms with Gasteiger partial charge in [0, 0.05) is 0 Å². The number of hydrogen-bond acceptors (Lipinski definition) is 4. The van der Waals surface area contributed by atoms with Gasteiger partial charge in [-0.2, -0.15) is 0 Å². The Balaban J connectivity index is 2.16. The van der Waals surface area contributed by atoms with E-state index in [4.69, 9.17) is 9.52 Å². The van der Waals surface area contributed by atoms with E-state index < -0.39 is 5.97 Å². The Kier molecular flexibility index (Phi) is 2.02. The number of oxazole rings is 1. The van der Waals surface area contributed by atoms with Crippen LogP contribution in [-0.4, -0.2) is 22.6 Å². The summed E-state index contributed by atoms with van der Waals surface area (Å²) < 4.78 is 5.06. The zero-order chi connectivity index (χ0) is 9.26. The van der Waals surface area contributed by atoms with E-state index in [1.54, 1.807) is 0 Å². The van der Waals surface area contributed by atoms with Crippen LogP contribution >= 0.6 is 0 Å². The molecule has 1 saturated heterocycles. The van der Waals surface area contributed by atoms with Gasteiger partial charge in [-0.25, -0.2) is 9.78 Å². The van der Waals surface area contributed by atoms with Crippen molar-refractivity contribution in [2.24, 2.45) is 0 Å². The van der Waals surface area contributed by atoms with Crippen molar-refractivity contribution in [2.45, 2.75) is 18.9 Å². The van der Waals surface area contributed by atoms with Crippen molar-refractivity contribution in [3.63, 3.8) is 0 Å². The monoisotopic (exact) mass is 182 g/mol. The molecule has 13 heavy (non-hydrogen) atoms. The van der Waals surface area contributed by atoms with Crippen LogP contribution in [0.3, 0.4) is 0 Å². The summed E-state index contributed by atoms with van der Waals surface area (Å²) >= 11 is 0. The van der Waals surface area contributed by atoms with Crippen LogP contribution in [-0.2, 0) is 0 Å². The number of carbonyl (C=O) groups is 1. The van der Waals surface area contributed by atoms with Gasteiger partial charge in [-0.3, -0.25) is 0 Å². The molecule has 0 spiro atoms. The third kappa shape index (κ3) is 1.55. The van der Waals surface area contributed by atoms with Crippen molar-refractivity contribution in [2.75, 3.05) is 6.54 Å². The van der Waals surface area contributed by atoms with Gasteiger partial charge in [0.05, 0.1) is 12.2 Å². The fraction of sp³-hybridized carbons (Fsp3) is 0.500. The molecule has 0 amide bonds. The Labute approximate surface area is 74.8 Å². The molecule has 5 heteroatoms. The summed E-state index contributed by atoms with van der Waals surface area (Å²) in [6, 6.07) is 0.0908. The van der Waals surface area contributed by atoms with Crippen molar-refractivity contribution in [1.82, 2.24) is 10.3 Å². The maximum absolute atomic E-state index is 10.5. The number of aromatic nitrogens is 1. The third-order valence-corrected chi connectivity index (χ3v) is 2.09. The second kappa shape index (κ2) is 3.18. The molecule has 2 heterocycles. The molecule has 1 aromatic rings. The van der Waals surface area contributed by atoms with E-state index in [0.29, 0.717) is 5.89 Å². The highest BCUT2D eigenvalue weighted by atomic mass is 16.4. The number of carboxylic acid groups (broad SMARTS) is 1. The van der Waals surface area contributed by atoms with Gasteiger partial charge in [-0.1, -0.05) is 0 Å². The lowest BCUT2D eigenvalue weighted by atomic mass is 10.2. The fourth-order valence-electron chi connectivity index (χ4n) is 1.44. The lowest BCUT2D eigenvalue weighted by Gasteiger charge is -2.02. The lowest BCUT2D eigenvalue weighted by molar-refractivity contribution is 0.0659. The molecule has 0 bridgehead atoms. The molecular weight excluding hydrogens is 172 g/mol. The molecule has 5 nitrogen and oxygen atoms in total. The highest BCUT2D eigenvalue weighted by molar-refractivity contribution is 5.83. The number of aromatic carboxylic acids is 1. The molecule has 0 radical (unpaired) electrons. The third-order valence-electron chi connectivity index (χ3n) is 2.09. The molecule has 1 unspecified atom stereocenters. The van der Waals surface area contributed by atoms with Crippen molar-refractivity contribution < 1.29 is 14.3 Å². The van der Waals surface area contributed by atoms with E-state index in [1.807, 2.05) is 0 Å². The first-order chi connectivity index (χ1) is 6.27.